The van der Waals surface area contributed by atoms with Crippen LogP contribution in [0.25, 0.3) is 0 Å². The first-order valence-electron chi connectivity index (χ1n) is 9.28. The summed E-state index contributed by atoms with van der Waals surface area (Å²) in [6.45, 7) is 12.3. The average molecular weight is 329 g/mol. The lowest BCUT2D eigenvalue weighted by Crippen LogP contribution is -2.51. The molecule has 0 spiro atoms. The molecule has 2 fully saturated rings. The maximum Gasteiger partial charge on any atom is 0.225 e. The van der Waals surface area contributed by atoms with Crippen LogP contribution in [0.3, 0.4) is 0 Å². The molecule has 1 heterocycles. The van der Waals surface area contributed by atoms with Gasteiger partial charge in [0.1, 0.15) is 0 Å². The molecule has 132 valence electrons. The van der Waals surface area contributed by atoms with Crippen LogP contribution in [0, 0.1) is 5.92 Å². The van der Waals surface area contributed by atoms with Crippen molar-refractivity contribution in [3.05, 3.63) is 35.4 Å². The Morgan fingerprint density at radius 1 is 1.04 bits per heavy atom. The molecule has 0 N–H and O–H groups in total. The fourth-order valence-corrected chi connectivity index (χ4v) is 3.96. The van der Waals surface area contributed by atoms with E-state index in [2.05, 4.69) is 58.9 Å². The van der Waals surface area contributed by atoms with Crippen molar-refractivity contribution < 1.29 is 9.53 Å². The van der Waals surface area contributed by atoms with E-state index in [1.807, 2.05) is 4.90 Å². The largest absolute Gasteiger partial charge is 0.372 e. The van der Waals surface area contributed by atoms with E-state index in [0.29, 0.717) is 11.8 Å². The van der Waals surface area contributed by atoms with E-state index in [9.17, 15) is 4.79 Å². The molecule has 3 heteroatoms. The van der Waals surface area contributed by atoms with Crippen molar-refractivity contribution in [3.8, 4) is 0 Å². The van der Waals surface area contributed by atoms with E-state index in [1.165, 1.54) is 11.1 Å². The number of rotatable bonds is 2. The second-order valence-electron chi connectivity index (χ2n) is 8.74. The van der Waals surface area contributed by atoms with Gasteiger partial charge in [-0.05, 0) is 49.1 Å². The number of morpholine rings is 1. The summed E-state index contributed by atoms with van der Waals surface area (Å²) in [5, 5.41) is 0. The Balaban J connectivity index is 1.56. The summed E-state index contributed by atoms with van der Waals surface area (Å²) in [6.07, 6.45) is 2.29. The maximum atomic E-state index is 12.7. The summed E-state index contributed by atoms with van der Waals surface area (Å²) in [7, 11) is 0. The normalized spacial score (nSPS) is 30.8. The molecule has 3 nitrogen and oxygen atoms in total. The number of hydrogen-bond acceptors (Lipinski definition) is 2. The van der Waals surface area contributed by atoms with E-state index in [-0.39, 0.29) is 23.5 Å². The lowest BCUT2D eigenvalue weighted by Gasteiger charge is -2.41. The molecule has 24 heavy (non-hydrogen) atoms. The molecule has 1 saturated carbocycles. The number of benzene rings is 1. The van der Waals surface area contributed by atoms with E-state index in [0.717, 1.165) is 25.9 Å². The third kappa shape index (κ3) is 3.66. The SMILES string of the molecule is CC1CN(C(=O)C2CC(c3ccc(C(C)(C)C)cc3)C2)CC(C)O1. The van der Waals surface area contributed by atoms with Crippen LogP contribution >= 0.6 is 0 Å². The second kappa shape index (κ2) is 6.51. The van der Waals surface area contributed by atoms with Gasteiger partial charge in [-0.15, -0.1) is 0 Å². The number of hydrogen-bond donors (Lipinski definition) is 0. The molecule has 1 aliphatic carbocycles. The van der Waals surface area contributed by atoms with Crippen molar-refractivity contribution in [2.75, 3.05) is 13.1 Å². The first-order valence-corrected chi connectivity index (χ1v) is 9.28. The molecule has 2 unspecified atom stereocenters. The number of nitrogens with zero attached hydrogens (tertiary/aromatic N) is 1. The van der Waals surface area contributed by atoms with Crippen LogP contribution in [0.4, 0.5) is 0 Å². The third-order valence-corrected chi connectivity index (χ3v) is 5.47. The number of amides is 1. The smallest absolute Gasteiger partial charge is 0.225 e. The van der Waals surface area contributed by atoms with E-state index < -0.39 is 0 Å². The number of carbonyl (C=O) groups excluding carboxylic acids is 1. The highest BCUT2D eigenvalue weighted by Gasteiger charge is 2.39. The van der Waals surface area contributed by atoms with Crippen molar-refractivity contribution in [2.24, 2.45) is 5.92 Å². The molecule has 2 atom stereocenters. The van der Waals surface area contributed by atoms with E-state index in [4.69, 9.17) is 4.74 Å². The first-order chi connectivity index (χ1) is 11.2. The Bertz CT molecular complexity index is 571. The number of carbonyl (C=O) groups is 1. The van der Waals surface area contributed by atoms with Crippen LogP contribution in [0.5, 0.6) is 0 Å². The molecule has 2 aliphatic rings. The molecule has 1 amide bonds. The zero-order chi connectivity index (χ0) is 17.5. The van der Waals surface area contributed by atoms with Gasteiger partial charge in [-0.3, -0.25) is 4.79 Å². The molecule has 1 aliphatic heterocycles. The second-order valence-corrected chi connectivity index (χ2v) is 8.74. The van der Waals surface area contributed by atoms with Crippen LogP contribution < -0.4 is 0 Å². The summed E-state index contributed by atoms with van der Waals surface area (Å²) in [6, 6.07) is 9.00. The highest BCUT2D eigenvalue weighted by Crippen LogP contribution is 2.43. The average Bonchev–Trinajstić information content (AvgIpc) is 2.44. The summed E-state index contributed by atoms with van der Waals surface area (Å²) < 4.78 is 5.73. The van der Waals surface area contributed by atoms with Crippen molar-refractivity contribution in [1.82, 2.24) is 4.90 Å². The van der Waals surface area contributed by atoms with Crippen LogP contribution in [0.1, 0.15) is 64.5 Å². The zero-order valence-electron chi connectivity index (χ0n) is 15.7. The first kappa shape index (κ1) is 17.5. The Labute approximate surface area is 146 Å². The van der Waals surface area contributed by atoms with E-state index >= 15 is 0 Å². The lowest BCUT2D eigenvalue weighted by atomic mass is 9.70. The van der Waals surface area contributed by atoms with Gasteiger partial charge in [0.15, 0.2) is 0 Å². The Kier molecular flexibility index (Phi) is 4.74. The molecule has 1 aromatic rings. The molecule has 0 aromatic heterocycles. The summed E-state index contributed by atoms with van der Waals surface area (Å²) in [4.78, 5) is 14.7. The fraction of sp³-hybridized carbons (Fsp3) is 0.667. The monoisotopic (exact) mass is 329 g/mol. The standard InChI is InChI=1S/C21H31NO2/c1-14-12-22(13-15(2)24-14)20(23)18-10-17(11-18)16-6-8-19(9-7-16)21(3,4)5/h6-9,14-15,17-18H,10-13H2,1-5H3. The van der Waals surface area contributed by atoms with Gasteiger partial charge in [0.05, 0.1) is 12.2 Å². The van der Waals surface area contributed by atoms with Crippen molar-refractivity contribution in [3.63, 3.8) is 0 Å². The Hall–Kier alpha value is -1.35. The molecule has 1 aromatic carbocycles. The Morgan fingerprint density at radius 2 is 1.58 bits per heavy atom. The lowest BCUT2D eigenvalue weighted by molar-refractivity contribution is -0.150. The summed E-state index contributed by atoms with van der Waals surface area (Å²) in [5.74, 6) is 1.08. The van der Waals surface area contributed by atoms with Crippen LogP contribution in [-0.4, -0.2) is 36.1 Å². The van der Waals surface area contributed by atoms with Gasteiger partial charge in [0, 0.05) is 19.0 Å². The third-order valence-electron chi connectivity index (χ3n) is 5.47. The van der Waals surface area contributed by atoms with Crippen molar-refractivity contribution in [2.45, 2.75) is 71.0 Å². The molecular formula is C21H31NO2. The van der Waals surface area contributed by atoms with Crippen LogP contribution in [-0.2, 0) is 14.9 Å². The fourth-order valence-electron chi connectivity index (χ4n) is 3.96. The molecule has 3 rings (SSSR count). The van der Waals surface area contributed by atoms with Gasteiger partial charge in [-0.1, -0.05) is 45.0 Å². The van der Waals surface area contributed by atoms with Gasteiger partial charge in [0.25, 0.3) is 0 Å². The van der Waals surface area contributed by atoms with Gasteiger partial charge < -0.3 is 9.64 Å². The van der Waals surface area contributed by atoms with Gasteiger partial charge in [0.2, 0.25) is 5.91 Å². The minimum Gasteiger partial charge on any atom is -0.372 e. The Morgan fingerprint density at radius 3 is 2.08 bits per heavy atom. The van der Waals surface area contributed by atoms with Crippen LogP contribution in [0.2, 0.25) is 0 Å². The molecule has 0 bridgehead atoms. The highest BCUT2D eigenvalue weighted by atomic mass is 16.5. The quantitative estimate of drug-likeness (QED) is 0.817. The predicted octanol–water partition coefficient (Wildman–Crippen LogP) is 4.11. The zero-order valence-corrected chi connectivity index (χ0v) is 15.7. The van der Waals surface area contributed by atoms with Gasteiger partial charge in [-0.25, -0.2) is 0 Å². The number of ether oxygens (including phenoxy) is 1. The van der Waals surface area contributed by atoms with Crippen LogP contribution in [0.15, 0.2) is 24.3 Å². The topological polar surface area (TPSA) is 29.5 Å². The summed E-state index contributed by atoms with van der Waals surface area (Å²) >= 11 is 0. The molecule has 0 radical (unpaired) electrons. The molecule has 1 saturated heterocycles. The van der Waals surface area contributed by atoms with Gasteiger partial charge >= 0.3 is 0 Å². The predicted molar refractivity (Wildman–Crippen MR) is 97.2 cm³/mol. The molecular weight excluding hydrogens is 298 g/mol. The highest BCUT2D eigenvalue weighted by molar-refractivity contribution is 5.80. The van der Waals surface area contributed by atoms with E-state index in [1.54, 1.807) is 0 Å². The minimum absolute atomic E-state index is 0.151. The van der Waals surface area contributed by atoms with Crippen molar-refractivity contribution in [1.29, 1.82) is 0 Å². The maximum absolute atomic E-state index is 12.7. The minimum atomic E-state index is 0.151. The summed E-state index contributed by atoms with van der Waals surface area (Å²) in [5.41, 5.74) is 2.95. The van der Waals surface area contributed by atoms with Gasteiger partial charge in [-0.2, -0.15) is 0 Å². The van der Waals surface area contributed by atoms with Crippen molar-refractivity contribution >= 4 is 5.91 Å².